The first-order valence-corrected chi connectivity index (χ1v) is 9.96. The number of hydrogen-bond acceptors (Lipinski definition) is 3. The second-order valence-corrected chi connectivity index (χ2v) is 8.13. The number of carbonyl (C=O) groups excluding carboxylic acids is 2. The van der Waals surface area contributed by atoms with Crippen LogP contribution < -0.4 is 15.1 Å². The number of anilines is 2. The minimum absolute atomic E-state index is 0.0770. The normalized spacial score (nSPS) is 17.9. The molecule has 1 spiro atoms. The lowest BCUT2D eigenvalue weighted by Gasteiger charge is -2.39. The lowest BCUT2D eigenvalue weighted by atomic mass is 9.73. The Labute approximate surface area is 166 Å². The molecular formula is C23H27N3O2. The highest BCUT2D eigenvalue weighted by Gasteiger charge is 2.51. The van der Waals surface area contributed by atoms with E-state index in [4.69, 9.17) is 0 Å². The highest BCUT2D eigenvalue weighted by atomic mass is 16.2. The van der Waals surface area contributed by atoms with Gasteiger partial charge in [0, 0.05) is 43.1 Å². The first kappa shape index (κ1) is 18.5. The number of piperidine rings is 1. The Hall–Kier alpha value is -2.82. The maximum Gasteiger partial charge on any atom is 0.251 e. The predicted molar refractivity (Wildman–Crippen MR) is 112 cm³/mol. The number of nitrogens with zero attached hydrogens (tertiary/aromatic N) is 2. The van der Waals surface area contributed by atoms with E-state index in [2.05, 4.69) is 22.3 Å². The summed E-state index contributed by atoms with van der Waals surface area (Å²) in [6.07, 6.45) is 1.51. The molecule has 2 heterocycles. The van der Waals surface area contributed by atoms with Gasteiger partial charge in [0.15, 0.2) is 0 Å². The van der Waals surface area contributed by atoms with E-state index >= 15 is 0 Å². The fraction of sp³-hybridized carbons (Fsp3) is 0.391. The molecule has 5 nitrogen and oxygen atoms in total. The zero-order valence-corrected chi connectivity index (χ0v) is 16.7. The lowest BCUT2D eigenvalue weighted by molar-refractivity contribution is -0.123. The number of hydrogen-bond donors (Lipinski definition) is 1. The van der Waals surface area contributed by atoms with E-state index in [0.717, 1.165) is 37.2 Å². The van der Waals surface area contributed by atoms with Crippen molar-refractivity contribution in [1.82, 2.24) is 5.32 Å². The Morgan fingerprint density at radius 3 is 2.39 bits per heavy atom. The van der Waals surface area contributed by atoms with Gasteiger partial charge in [0.2, 0.25) is 5.91 Å². The van der Waals surface area contributed by atoms with Crippen molar-refractivity contribution in [3.63, 3.8) is 0 Å². The Kier molecular flexibility index (Phi) is 4.61. The van der Waals surface area contributed by atoms with Crippen LogP contribution in [0.5, 0.6) is 0 Å². The van der Waals surface area contributed by atoms with Crippen LogP contribution in [0.15, 0.2) is 48.5 Å². The molecule has 0 aromatic heterocycles. The van der Waals surface area contributed by atoms with Crippen molar-refractivity contribution >= 4 is 23.2 Å². The average molecular weight is 377 g/mol. The minimum atomic E-state index is -0.524. The van der Waals surface area contributed by atoms with Gasteiger partial charge in [0.05, 0.1) is 5.41 Å². The molecule has 2 aliphatic heterocycles. The van der Waals surface area contributed by atoms with E-state index in [9.17, 15) is 9.59 Å². The van der Waals surface area contributed by atoms with Gasteiger partial charge in [-0.05, 0) is 62.6 Å². The number of para-hydroxylation sites is 1. The van der Waals surface area contributed by atoms with Gasteiger partial charge in [0.1, 0.15) is 0 Å². The molecule has 0 atom stereocenters. The Bertz CT molecular complexity index is 899. The van der Waals surface area contributed by atoms with Gasteiger partial charge in [-0.3, -0.25) is 9.59 Å². The van der Waals surface area contributed by atoms with Crippen molar-refractivity contribution in [2.75, 3.05) is 29.9 Å². The molecule has 2 amide bonds. The molecule has 28 heavy (non-hydrogen) atoms. The van der Waals surface area contributed by atoms with Crippen LogP contribution in [0.1, 0.15) is 42.6 Å². The molecule has 0 unspecified atom stereocenters. The van der Waals surface area contributed by atoms with E-state index in [1.54, 1.807) is 4.90 Å². The average Bonchev–Trinajstić information content (AvgIpc) is 2.90. The molecule has 0 bridgehead atoms. The van der Waals surface area contributed by atoms with Gasteiger partial charge in [-0.1, -0.05) is 18.2 Å². The summed E-state index contributed by atoms with van der Waals surface area (Å²) in [6, 6.07) is 16.1. The van der Waals surface area contributed by atoms with Crippen LogP contribution in [0.25, 0.3) is 0 Å². The van der Waals surface area contributed by atoms with Gasteiger partial charge in [0.25, 0.3) is 5.91 Å². The summed E-state index contributed by atoms with van der Waals surface area (Å²) in [5, 5.41) is 2.95. The zero-order chi connectivity index (χ0) is 19.9. The van der Waals surface area contributed by atoms with Crippen molar-refractivity contribution in [2.45, 2.75) is 38.1 Å². The highest BCUT2D eigenvalue weighted by Crippen LogP contribution is 2.48. The first-order valence-electron chi connectivity index (χ1n) is 9.96. The van der Waals surface area contributed by atoms with Crippen LogP contribution >= 0.6 is 0 Å². The van der Waals surface area contributed by atoms with E-state index in [1.807, 2.05) is 57.3 Å². The highest BCUT2D eigenvalue weighted by molar-refractivity contribution is 6.09. The van der Waals surface area contributed by atoms with Crippen LogP contribution in [0.4, 0.5) is 11.4 Å². The molecule has 2 aliphatic rings. The predicted octanol–water partition coefficient (Wildman–Crippen LogP) is 3.34. The molecule has 1 saturated heterocycles. The van der Waals surface area contributed by atoms with Gasteiger partial charge in [-0.15, -0.1) is 0 Å². The van der Waals surface area contributed by atoms with Gasteiger partial charge < -0.3 is 15.1 Å². The summed E-state index contributed by atoms with van der Waals surface area (Å²) < 4.78 is 0. The summed E-state index contributed by atoms with van der Waals surface area (Å²) >= 11 is 0. The molecule has 1 fully saturated rings. The van der Waals surface area contributed by atoms with Crippen LogP contribution in [-0.2, 0) is 10.2 Å². The van der Waals surface area contributed by atoms with Gasteiger partial charge in [-0.2, -0.15) is 0 Å². The molecule has 4 rings (SSSR count). The fourth-order valence-electron chi connectivity index (χ4n) is 4.51. The zero-order valence-electron chi connectivity index (χ0n) is 16.7. The monoisotopic (exact) mass is 377 g/mol. The third kappa shape index (κ3) is 2.95. The van der Waals surface area contributed by atoms with Crippen LogP contribution in [0.3, 0.4) is 0 Å². The maximum atomic E-state index is 13.2. The van der Waals surface area contributed by atoms with Crippen molar-refractivity contribution in [3.05, 3.63) is 59.7 Å². The number of amides is 2. The maximum absolute atomic E-state index is 13.2. The van der Waals surface area contributed by atoms with Crippen molar-refractivity contribution in [2.24, 2.45) is 0 Å². The molecule has 0 radical (unpaired) electrons. The molecule has 5 heteroatoms. The molecule has 0 aliphatic carbocycles. The van der Waals surface area contributed by atoms with E-state index in [-0.39, 0.29) is 17.9 Å². The van der Waals surface area contributed by atoms with Crippen LogP contribution in [0.2, 0.25) is 0 Å². The summed E-state index contributed by atoms with van der Waals surface area (Å²) in [5.74, 6) is 0.0632. The van der Waals surface area contributed by atoms with E-state index in [0.29, 0.717) is 5.56 Å². The first-order chi connectivity index (χ1) is 13.4. The number of fused-ring (bicyclic) bond motifs is 2. The van der Waals surface area contributed by atoms with Crippen molar-refractivity contribution in [3.8, 4) is 0 Å². The third-order valence-electron chi connectivity index (χ3n) is 6.01. The van der Waals surface area contributed by atoms with E-state index in [1.165, 1.54) is 5.69 Å². The number of benzene rings is 2. The Morgan fingerprint density at radius 1 is 1.07 bits per heavy atom. The van der Waals surface area contributed by atoms with Crippen LogP contribution in [-0.4, -0.2) is 38.0 Å². The standard InChI is InChI=1S/C23H27N3O2/c1-16(2)24-21(27)17-9-10-20-19(15-17)23(22(28)25(20)3)11-13-26(14-12-23)18-7-5-4-6-8-18/h4-10,15-16H,11-14H2,1-3H3,(H,24,27). The quantitative estimate of drug-likeness (QED) is 0.893. The summed E-state index contributed by atoms with van der Waals surface area (Å²) in [6.45, 7) is 5.55. The summed E-state index contributed by atoms with van der Waals surface area (Å²) in [5.41, 5.74) is 3.23. The molecule has 146 valence electrons. The summed E-state index contributed by atoms with van der Waals surface area (Å²) in [4.78, 5) is 29.9. The topological polar surface area (TPSA) is 52.7 Å². The number of carbonyl (C=O) groups is 2. The van der Waals surface area contributed by atoms with Gasteiger partial charge >= 0.3 is 0 Å². The largest absolute Gasteiger partial charge is 0.371 e. The molecule has 2 aromatic rings. The van der Waals surface area contributed by atoms with Crippen LogP contribution in [0, 0.1) is 0 Å². The van der Waals surface area contributed by atoms with Crippen molar-refractivity contribution < 1.29 is 9.59 Å². The summed E-state index contributed by atoms with van der Waals surface area (Å²) in [7, 11) is 1.84. The molecular weight excluding hydrogens is 350 g/mol. The Balaban J connectivity index is 1.64. The number of nitrogens with one attached hydrogen (secondary N) is 1. The smallest absolute Gasteiger partial charge is 0.251 e. The fourth-order valence-corrected chi connectivity index (χ4v) is 4.51. The molecule has 0 saturated carbocycles. The lowest BCUT2D eigenvalue weighted by Crippen LogP contribution is -2.48. The van der Waals surface area contributed by atoms with E-state index < -0.39 is 5.41 Å². The SMILES string of the molecule is CC(C)NC(=O)c1ccc2c(c1)C1(CCN(c3ccccc3)CC1)C(=O)N2C. The number of rotatable bonds is 3. The Morgan fingerprint density at radius 2 is 1.75 bits per heavy atom. The minimum Gasteiger partial charge on any atom is -0.371 e. The van der Waals surface area contributed by atoms with Crippen molar-refractivity contribution in [1.29, 1.82) is 0 Å². The molecule has 1 N–H and O–H groups in total. The number of likely N-dealkylation sites (N-methyl/N-ethyl adjacent to an activating group) is 1. The second kappa shape index (κ2) is 6.97. The molecule has 2 aromatic carbocycles. The van der Waals surface area contributed by atoms with Gasteiger partial charge in [-0.25, -0.2) is 0 Å². The second-order valence-electron chi connectivity index (χ2n) is 8.13. The third-order valence-corrected chi connectivity index (χ3v) is 6.01.